The molecule has 0 atom stereocenters. The van der Waals surface area contributed by atoms with Gasteiger partial charge in [0.05, 0.1) is 12.7 Å². The van der Waals surface area contributed by atoms with Crippen LogP contribution in [0.5, 0.6) is 11.5 Å². The monoisotopic (exact) mass is 283 g/mol. The van der Waals surface area contributed by atoms with Gasteiger partial charge in [-0.15, -0.1) is 0 Å². The maximum atomic E-state index is 10.4. The molecular formula is C16H17N3O2. The smallest absolute Gasteiger partial charge is 0.168 e. The number of pyridine rings is 1. The van der Waals surface area contributed by atoms with Crippen LogP contribution in [0.4, 0.5) is 0 Å². The van der Waals surface area contributed by atoms with Crippen molar-refractivity contribution in [2.75, 3.05) is 7.11 Å². The predicted octanol–water partition coefficient (Wildman–Crippen LogP) is 3.22. The van der Waals surface area contributed by atoms with Gasteiger partial charge in [-0.1, -0.05) is 13.0 Å². The Labute approximate surface area is 122 Å². The molecule has 2 heterocycles. The van der Waals surface area contributed by atoms with Gasteiger partial charge in [-0.2, -0.15) is 0 Å². The molecule has 0 aliphatic rings. The van der Waals surface area contributed by atoms with Gasteiger partial charge in [0.2, 0.25) is 0 Å². The molecule has 2 aromatic heterocycles. The van der Waals surface area contributed by atoms with Crippen LogP contribution in [0, 0.1) is 0 Å². The summed E-state index contributed by atoms with van der Waals surface area (Å²) in [5.74, 6) is 1.25. The van der Waals surface area contributed by atoms with E-state index in [1.54, 1.807) is 12.3 Å². The Hall–Kier alpha value is -2.56. The third-order valence-electron chi connectivity index (χ3n) is 3.41. The van der Waals surface area contributed by atoms with Gasteiger partial charge in [-0.3, -0.25) is 0 Å². The number of phenolic OH excluding ortho intramolecular Hbond substituents is 1. The average molecular weight is 283 g/mol. The fourth-order valence-electron chi connectivity index (χ4n) is 2.47. The molecular weight excluding hydrogens is 266 g/mol. The summed E-state index contributed by atoms with van der Waals surface area (Å²) in [7, 11) is 1.54. The van der Waals surface area contributed by atoms with Crippen LogP contribution in [0.1, 0.15) is 13.3 Å². The second-order valence-corrected chi connectivity index (χ2v) is 4.79. The number of fused-ring (bicyclic) bond motifs is 1. The Kier molecular flexibility index (Phi) is 3.48. The summed E-state index contributed by atoms with van der Waals surface area (Å²) in [6.45, 7) is 2.89. The van der Waals surface area contributed by atoms with Crippen molar-refractivity contribution in [1.82, 2.24) is 14.5 Å². The first-order chi connectivity index (χ1) is 10.3. The van der Waals surface area contributed by atoms with E-state index in [0.29, 0.717) is 17.1 Å². The largest absolute Gasteiger partial charge is 0.504 e. The fraction of sp³-hybridized carbons (Fsp3) is 0.250. The summed E-state index contributed by atoms with van der Waals surface area (Å²) in [6.07, 6.45) is 2.71. The van der Waals surface area contributed by atoms with E-state index in [0.717, 1.165) is 24.1 Å². The molecule has 0 saturated carbocycles. The highest BCUT2D eigenvalue weighted by atomic mass is 16.5. The molecule has 0 aliphatic carbocycles. The lowest BCUT2D eigenvalue weighted by Crippen LogP contribution is -2.01. The molecule has 0 fully saturated rings. The van der Waals surface area contributed by atoms with E-state index >= 15 is 0 Å². The Morgan fingerprint density at radius 2 is 2.10 bits per heavy atom. The Morgan fingerprint density at radius 1 is 1.24 bits per heavy atom. The Bertz CT molecular complexity index is 780. The van der Waals surface area contributed by atoms with E-state index in [1.807, 2.05) is 28.8 Å². The van der Waals surface area contributed by atoms with Gasteiger partial charge in [-0.05, 0) is 30.7 Å². The number of aromatic hydroxyl groups is 1. The molecule has 5 heteroatoms. The third-order valence-corrected chi connectivity index (χ3v) is 3.41. The molecule has 0 amide bonds. The number of para-hydroxylation sites is 1. The van der Waals surface area contributed by atoms with Crippen LogP contribution in [0.2, 0.25) is 0 Å². The second kappa shape index (κ2) is 5.44. The SMILES string of the molecule is CCCn1c(-c2cccc(OC)c2O)nc2cccnc21. The van der Waals surface area contributed by atoms with E-state index in [4.69, 9.17) is 4.74 Å². The molecule has 0 aliphatic heterocycles. The molecule has 108 valence electrons. The molecule has 21 heavy (non-hydrogen) atoms. The Morgan fingerprint density at radius 3 is 2.86 bits per heavy atom. The number of aromatic nitrogens is 3. The van der Waals surface area contributed by atoms with Crippen LogP contribution in [0.15, 0.2) is 36.5 Å². The van der Waals surface area contributed by atoms with Crippen molar-refractivity contribution in [1.29, 1.82) is 0 Å². The van der Waals surface area contributed by atoms with Crippen LogP contribution in [-0.4, -0.2) is 26.8 Å². The van der Waals surface area contributed by atoms with Gasteiger partial charge in [0.25, 0.3) is 0 Å². The van der Waals surface area contributed by atoms with Crippen molar-refractivity contribution in [2.45, 2.75) is 19.9 Å². The van der Waals surface area contributed by atoms with Crippen LogP contribution in [0.3, 0.4) is 0 Å². The zero-order valence-corrected chi connectivity index (χ0v) is 12.1. The van der Waals surface area contributed by atoms with Gasteiger partial charge >= 0.3 is 0 Å². The lowest BCUT2D eigenvalue weighted by Gasteiger charge is -2.10. The van der Waals surface area contributed by atoms with Gasteiger partial charge in [0.1, 0.15) is 11.3 Å². The molecule has 0 unspecified atom stereocenters. The van der Waals surface area contributed by atoms with E-state index in [-0.39, 0.29) is 5.75 Å². The molecule has 1 N–H and O–H groups in total. The minimum atomic E-state index is 0.104. The van der Waals surface area contributed by atoms with Gasteiger partial charge in [0.15, 0.2) is 17.1 Å². The van der Waals surface area contributed by atoms with Crippen LogP contribution in [-0.2, 0) is 6.54 Å². The number of hydrogen-bond donors (Lipinski definition) is 1. The van der Waals surface area contributed by atoms with E-state index in [9.17, 15) is 5.11 Å². The molecule has 3 aromatic rings. The first-order valence-electron chi connectivity index (χ1n) is 6.93. The number of hydrogen-bond acceptors (Lipinski definition) is 4. The van der Waals surface area contributed by atoms with Crippen molar-refractivity contribution in [3.05, 3.63) is 36.5 Å². The van der Waals surface area contributed by atoms with Gasteiger partial charge in [-0.25, -0.2) is 9.97 Å². The minimum Gasteiger partial charge on any atom is -0.504 e. The van der Waals surface area contributed by atoms with Crippen LogP contribution >= 0.6 is 0 Å². The molecule has 1 aromatic carbocycles. The predicted molar refractivity (Wildman–Crippen MR) is 81.5 cm³/mol. The highest BCUT2D eigenvalue weighted by molar-refractivity contribution is 5.79. The number of rotatable bonds is 4. The zero-order valence-electron chi connectivity index (χ0n) is 12.1. The van der Waals surface area contributed by atoms with Crippen molar-refractivity contribution in [3.8, 4) is 22.9 Å². The van der Waals surface area contributed by atoms with E-state index < -0.39 is 0 Å². The third kappa shape index (κ3) is 2.20. The number of benzene rings is 1. The van der Waals surface area contributed by atoms with Crippen LogP contribution in [0.25, 0.3) is 22.6 Å². The summed E-state index contributed by atoms with van der Waals surface area (Å²) in [5.41, 5.74) is 2.31. The number of imidazole rings is 1. The Balaban J connectivity index is 2.27. The molecule has 0 spiro atoms. The number of methoxy groups -OCH3 is 1. The number of ether oxygens (including phenoxy) is 1. The molecule has 3 rings (SSSR count). The number of phenols is 1. The van der Waals surface area contributed by atoms with Crippen molar-refractivity contribution >= 4 is 11.2 Å². The quantitative estimate of drug-likeness (QED) is 0.798. The van der Waals surface area contributed by atoms with Gasteiger partial charge in [0, 0.05) is 12.7 Å². The molecule has 5 nitrogen and oxygen atoms in total. The first-order valence-corrected chi connectivity index (χ1v) is 6.93. The summed E-state index contributed by atoms with van der Waals surface area (Å²) >= 11 is 0. The number of nitrogens with zero attached hydrogens (tertiary/aromatic N) is 3. The zero-order chi connectivity index (χ0) is 14.8. The normalized spacial score (nSPS) is 11.0. The standard InChI is InChI=1S/C16H17N3O2/c1-3-10-19-15(18-12-7-5-9-17-16(12)19)11-6-4-8-13(21-2)14(11)20/h4-9,20H,3,10H2,1-2H3. The molecule has 0 bridgehead atoms. The van der Waals surface area contributed by atoms with Crippen molar-refractivity contribution in [2.24, 2.45) is 0 Å². The van der Waals surface area contributed by atoms with Crippen molar-refractivity contribution < 1.29 is 9.84 Å². The topological polar surface area (TPSA) is 60.2 Å². The summed E-state index contributed by atoms with van der Waals surface area (Å²) in [5, 5.41) is 10.4. The molecule has 0 saturated heterocycles. The van der Waals surface area contributed by atoms with Crippen molar-refractivity contribution in [3.63, 3.8) is 0 Å². The maximum absolute atomic E-state index is 10.4. The van der Waals surface area contributed by atoms with Gasteiger partial charge < -0.3 is 14.4 Å². The fourth-order valence-corrected chi connectivity index (χ4v) is 2.47. The average Bonchev–Trinajstić information content (AvgIpc) is 2.87. The first kappa shape index (κ1) is 13.4. The van der Waals surface area contributed by atoms with Crippen LogP contribution < -0.4 is 4.74 Å². The van der Waals surface area contributed by atoms with E-state index in [1.165, 1.54) is 7.11 Å². The lowest BCUT2D eigenvalue weighted by molar-refractivity contribution is 0.374. The van der Waals surface area contributed by atoms with E-state index in [2.05, 4.69) is 16.9 Å². The highest BCUT2D eigenvalue weighted by Crippen LogP contribution is 2.37. The maximum Gasteiger partial charge on any atom is 0.168 e. The second-order valence-electron chi connectivity index (χ2n) is 4.79. The number of aryl methyl sites for hydroxylation is 1. The lowest BCUT2D eigenvalue weighted by atomic mass is 10.1. The highest BCUT2D eigenvalue weighted by Gasteiger charge is 2.17. The molecule has 0 radical (unpaired) electrons. The summed E-state index contributed by atoms with van der Waals surface area (Å²) in [4.78, 5) is 9.03. The minimum absolute atomic E-state index is 0.104. The summed E-state index contributed by atoms with van der Waals surface area (Å²) < 4.78 is 7.21. The summed E-state index contributed by atoms with van der Waals surface area (Å²) in [6, 6.07) is 9.20.